The summed E-state index contributed by atoms with van der Waals surface area (Å²) in [7, 11) is 1.66. The molecule has 1 aromatic carbocycles. The van der Waals surface area contributed by atoms with Crippen molar-refractivity contribution < 1.29 is 9.13 Å². The van der Waals surface area contributed by atoms with Gasteiger partial charge in [0.15, 0.2) is 0 Å². The molecular weight excluding hydrogens is 261 g/mol. The van der Waals surface area contributed by atoms with E-state index in [1.54, 1.807) is 24.5 Å². The van der Waals surface area contributed by atoms with Crippen molar-refractivity contribution in [2.24, 2.45) is 0 Å². The van der Waals surface area contributed by atoms with E-state index in [0.29, 0.717) is 0 Å². The molecule has 0 spiro atoms. The predicted molar refractivity (Wildman–Crippen MR) is 77.5 cm³/mol. The molecule has 0 saturated heterocycles. The van der Waals surface area contributed by atoms with Crippen molar-refractivity contribution in [1.82, 2.24) is 5.32 Å². The third-order valence-corrected chi connectivity index (χ3v) is 4.04. The zero-order chi connectivity index (χ0) is 13.8. The molecule has 0 aliphatic heterocycles. The normalized spacial score (nSPS) is 12.4. The highest BCUT2D eigenvalue weighted by atomic mass is 32.1. The predicted octanol–water partition coefficient (Wildman–Crippen LogP) is 3.90. The van der Waals surface area contributed by atoms with Crippen LogP contribution in [0, 0.1) is 12.7 Å². The van der Waals surface area contributed by atoms with E-state index in [-0.39, 0.29) is 11.9 Å². The quantitative estimate of drug-likeness (QED) is 0.896. The van der Waals surface area contributed by atoms with Gasteiger partial charge < -0.3 is 10.1 Å². The Morgan fingerprint density at radius 3 is 2.74 bits per heavy atom. The maximum atomic E-state index is 13.2. The summed E-state index contributed by atoms with van der Waals surface area (Å²) in [6, 6.07) is 7.05. The summed E-state index contributed by atoms with van der Waals surface area (Å²) in [5, 5.41) is 5.43. The van der Waals surface area contributed by atoms with Gasteiger partial charge in [-0.2, -0.15) is 0 Å². The molecule has 2 nitrogen and oxygen atoms in total. The van der Waals surface area contributed by atoms with Gasteiger partial charge in [-0.15, -0.1) is 11.3 Å². The van der Waals surface area contributed by atoms with Crippen LogP contribution < -0.4 is 10.1 Å². The number of hydrogen-bond acceptors (Lipinski definition) is 3. The van der Waals surface area contributed by atoms with Crippen LogP contribution in [0.2, 0.25) is 0 Å². The van der Waals surface area contributed by atoms with Crippen molar-refractivity contribution in [3.8, 4) is 5.75 Å². The fourth-order valence-electron chi connectivity index (χ4n) is 2.12. The van der Waals surface area contributed by atoms with Crippen molar-refractivity contribution in [2.45, 2.75) is 19.9 Å². The summed E-state index contributed by atoms with van der Waals surface area (Å²) in [5.74, 6) is 0.669. The summed E-state index contributed by atoms with van der Waals surface area (Å²) < 4.78 is 18.5. The summed E-state index contributed by atoms with van der Waals surface area (Å²) in [6.07, 6.45) is 0. The second-order valence-electron chi connectivity index (χ2n) is 4.38. The Labute approximate surface area is 117 Å². The molecule has 0 fully saturated rings. The smallest absolute Gasteiger partial charge is 0.129 e. The Bertz CT molecular complexity index is 553. The third kappa shape index (κ3) is 3.14. The standard InChI is InChI=1S/C15H18FNOS/c1-4-17-15(14-8-12(18-3)9-19-14)13-6-5-11(16)7-10(13)2/h5-9,15,17H,4H2,1-3H3. The Kier molecular flexibility index (Phi) is 4.56. The van der Waals surface area contributed by atoms with Gasteiger partial charge in [-0.05, 0) is 42.8 Å². The van der Waals surface area contributed by atoms with E-state index in [1.165, 1.54) is 10.9 Å². The maximum Gasteiger partial charge on any atom is 0.129 e. The Balaban J connectivity index is 2.38. The molecule has 0 bridgehead atoms. The van der Waals surface area contributed by atoms with Crippen molar-refractivity contribution in [1.29, 1.82) is 0 Å². The van der Waals surface area contributed by atoms with Gasteiger partial charge in [-0.1, -0.05) is 13.0 Å². The van der Waals surface area contributed by atoms with Gasteiger partial charge in [0.05, 0.1) is 13.2 Å². The molecule has 0 saturated carbocycles. The van der Waals surface area contributed by atoms with Gasteiger partial charge in [0, 0.05) is 10.3 Å². The lowest BCUT2D eigenvalue weighted by molar-refractivity contribution is 0.416. The zero-order valence-electron chi connectivity index (χ0n) is 11.4. The average Bonchev–Trinajstić information content (AvgIpc) is 2.85. The van der Waals surface area contributed by atoms with Crippen molar-refractivity contribution in [3.63, 3.8) is 0 Å². The van der Waals surface area contributed by atoms with Gasteiger partial charge in [-0.25, -0.2) is 4.39 Å². The minimum Gasteiger partial charge on any atom is -0.496 e. The van der Waals surface area contributed by atoms with Crippen LogP contribution in [0.3, 0.4) is 0 Å². The van der Waals surface area contributed by atoms with Crippen LogP contribution in [0.4, 0.5) is 4.39 Å². The number of halogens is 1. The van der Waals surface area contributed by atoms with E-state index in [1.807, 2.05) is 24.4 Å². The minimum absolute atomic E-state index is 0.0829. The van der Waals surface area contributed by atoms with Crippen molar-refractivity contribution >= 4 is 11.3 Å². The summed E-state index contributed by atoms with van der Waals surface area (Å²) in [5.41, 5.74) is 2.06. The topological polar surface area (TPSA) is 21.3 Å². The van der Waals surface area contributed by atoms with Crippen LogP contribution in [0.5, 0.6) is 5.75 Å². The first-order valence-electron chi connectivity index (χ1n) is 6.27. The molecular formula is C15H18FNOS. The molecule has 1 N–H and O–H groups in total. The number of benzene rings is 1. The highest BCUT2D eigenvalue weighted by molar-refractivity contribution is 7.10. The molecule has 0 amide bonds. The van der Waals surface area contributed by atoms with Crippen molar-refractivity contribution in [3.05, 3.63) is 51.5 Å². The van der Waals surface area contributed by atoms with Crippen LogP contribution in [0.1, 0.15) is 29.0 Å². The maximum absolute atomic E-state index is 13.2. The number of thiophene rings is 1. The Hall–Kier alpha value is -1.39. The lowest BCUT2D eigenvalue weighted by atomic mass is 10.00. The van der Waals surface area contributed by atoms with E-state index >= 15 is 0 Å². The van der Waals surface area contributed by atoms with Gasteiger partial charge >= 0.3 is 0 Å². The lowest BCUT2D eigenvalue weighted by Crippen LogP contribution is -2.22. The largest absolute Gasteiger partial charge is 0.496 e. The molecule has 0 aliphatic carbocycles. The van der Waals surface area contributed by atoms with E-state index in [0.717, 1.165) is 23.4 Å². The molecule has 1 atom stereocenters. The minimum atomic E-state index is -0.194. The van der Waals surface area contributed by atoms with E-state index in [4.69, 9.17) is 4.74 Å². The van der Waals surface area contributed by atoms with Crippen molar-refractivity contribution in [2.75, 3.05) is 13.7 Å². The van der Waals surface area contributed by atoms with Crippen LogP contribution in [0.15, 0.2) is 29.6 Å². The van der Waals surface area contributed by atoms with Crippen LogP contribution >= 0.6 is 11.3 Å². The first-order chi connectivity index (χ1) is 9.15. The fourth-order valence-corrected chi connectivity index (χ4v) is 3.07. The molecule has 19 heavy (non-hydrogen) atoms. The first kappa shape index (κ1) is 14.0. The molecule has 0 radical (unpaired) electrons. The molecule has 1 heterocycles. The van der Waals surface area contributed by atoms with Gasteiger partial charge in [0.1, 0.15) is 11.6 Å². The van der Waals surface area contributed by atoms with E-state index < -0.39 is 0 Å². The Morgan fingerprint density at radius 2 is 2.16 bits per heavy atom. The average molecular weight is 279 g/mol. The highest BCUT2D eigenvalue weighted by Gasteiger charge is 2.17. The number of ether oxygens (including phenoxy) is 1. The molecule has 4 heteroatoms. The Morgan fingerprint density at radius 1 is 1.37 bits per heavy atom. The zero-order valence-corrected chi connectivity index (χ0v) is 12.2. The fraction of sp³-hybridized carbons (Fsp3) is 0.333. The molecule has 102 valence electrons. The van der Waals surface area contributed by atoms with E-state index in [2.05, 4.69) is 12.2 Å². The number of rotatable bonds is 5. The van der Waals surface area contributed by atoms with Gasteiger partial charge in [0.25, 0.3) is 0 Å². The number of nitrogens with one attached hydrogen (secondary N) is 1. The van der Waals surface area contributed by atoms with Gasteiger partial charge in [-0.3, -0.25) is 0 Å². The van der Waals surface area contributed by atoms with Crippen LogP contribution in [-0.4, -0.2) is 13.7 Å². The molecule has 2 rings (SSSR count). The number of hydrogen-bond donors (Lipinski definition) is 1. The molecule has 1 unspecified atom stereocenters. The van der Waals surface area contributed by atoms with Crippen LogP contribution in [-0.2, 0) is 0 Å². The molecule has 2 aromatic rings. The summed E-state index contributed by atoms with van der Waals surface area (Å²) in [6.45, 7) is 4.85. The van der Waals surface area contributed by atoms with Gasteiger partial charge in [0.2, 0.25) is 0 Å². The summed E-state index contributed by atoms with van der Waals surface area (Å²) in [4.78, 5) is 1.17. The number of methoxy groups -OCH3 is 1. The second kappa shape index (κ2) is 6.17. The monoisotopic (exact) mass is 279 g/mol. The van der Waals surface area contributed by atoms with Crippen LogP contribution in [0.25, 0.3) is 0 Å². The van der Waals surface area contributed by atoms with E-state index in [9.17, 15) is 4.39 Å². The lowest BCUT2D eigenvalue weighted by Gasteiger charge is -2.19. The first-order valence-corrected chi connectivity index (χ1v) is 7.15. The summed E-state index contributed by atoms with van der Waals surface area (Å²) >= 11 is 1.65. The highest BCUT2D eigenvalue weighted by Crippen LogP contribution is 2.32. The number of aryl methyl sites for hydroxylation is 1. The molecule has 0 aliphatic rings. The third-order valence-electron chi connectivity index (χ3n) is 3.07. The molecule has 1 aromatic heterocycles. The SMILES string of the molecule is CCNC(c1cc(OC)cs1)c1ccc(F)cc1C. The second-order valence-corrected chi connectivity index (χ2v) is 5.32.